The van der Waals surface area contributed by atoms with Gasteiger partial charge in [0.2, 0.25) is 6.79 Å². The maximum atomic E-state index is 5.56. The summed E-state index contributed by atoms with van der Waals surface area (Å²) >= 11 is 0. The SMILES string of the molecule is Nc1ccc(OCOc2ccc(N)cc2)cc1. The fourth-order valence-electron chi connectivity index (χ4n) is 1.29. The molecule has 0 amide bonds. The highest BCUT2D eigenvalue weighted by atomic mass is 16.7. The number of anilines is 2. The molecule has 0 atom stereocenters. The van der Waals surface area contributed by atoms with Gasteiger partial charge in [-0.05, 0) is 48.5 Å². The molecule has 2 aromatic carbocycles. The number of ether oxygens (including phenoxy) is 2. The minimum Gasteiger partial charge on any atom is -0.458 e. The van der Waals surface area contributed by atoms with Crippen LogP contribution in [0.2, 0.25) is 0 Å². The van der Waals surface area contributed by atoms with E-state index in [-0.39, 0.29) is 6.79 Å². The predicted molar refractivity (Wildman–Crippen MR) is 67.8 cm³/mol. The van der Waals surface area contributed by atoms with E-state index in [0.29, 0.717) is 11.4 Å². The van der Waals surface area contributed by atoms with Crippen LogP contribution in [0, 0.1) is 0 Å². The average Bonchev–Trinajstić information content (AvgIpc) is 2.34. The van der Waals surface area contributed by atoms with Gasteiger partial charge in [-0.1, -0.05) is 0 Å². The van der Waals surface area contributed by atoms with Gasteiger partial charge in [-0.25, -0.2) is 0 Å². The van der Waals surface area contributed by atoms with Gasteiger partial charge in [0, 0.05) is 11.4 Å². The molecular formula is C13H14N2O2. The molecule has 0 fully saturated rings. The smallest absolute Gasteiger partial charge is 0.230 e. The number of nitrogens with two attached hydrogens (primary N) is 2. The van der Waals surface area contributed by atoms with E-state index >= 15 is 0 Å². The molecule has 0 saturated carbocycles. The fraction of sp³-hybridized carbons (Fsp3) is 0.0769. The normalized spacial score (nSPS) is 9.88. The Bertz CT molecular complexity index is 420. The first-order valence-electron chi connectivity index (χ1n) is 5.21. The molecule has 0 aliphatic heterocycles. The van der Waals surface area contributed by atoms with E-state index < -0.39 is 0 Å². The number of hydrogen-bond acceptors (Lipinski definition) is 4. The molecule has 4 nitrogen and oxygen atoms in total. The second kappa shape index (κ2) is 5.12. The van der Waals surface area contributed by atoms with Gasteiger partial charge in [0.05, 0.1) is 0 Å². The Hall–Kier alpha value is -2.36. The van der Waals surface area contributed by atoms with Crippen molar-refractivity contribution in [2.75, 3.05) is 18.3 Å². The van der Waals surface area contributed by atoms with Crippen molar-refractivity contribution in [2.45, 2.75) is 0 Å². The summed E-state index contributed by atoms with van der Waals surface area (Å²) in [5.41, 5.74) is 12.5. The van der Waals surface area contributed by atoms with Crippen LogP contribution in [0.4, 0.5) is 11.4 Å². The third-order valence-electron chi connectivity index (χ3n) is 2.21. The van der Waals surface area contributed by atoms with Crippen molar-refractivity contribution in [1.29, 1.82) is 0 Å². The van der Waals surface area contributed by atoms with Crippen LogP contribution in [0.5, 0.6) is 11.5 Å². The molecule has 0 bridgehead atoms. The Kier molecular flexibility index (Phi) is 3.35. The Labute approximate surface area is 99.8 Å². The summed E-state index contributed by atoms with van der Waals surface area (Å²) in [5.74, 6) is 1.43. The molecule has 0 aromatic heterocycles. The van der Waals surface area contributed by atoms with Crippen LogP contribution < -0.4 is 20.9 Å². The van der Waals surface area contributed by atoms with Crippen LogP contribution in [0.25, 0.3) is 0 Å². The summed E-state index contributed by atoms with van der Waals surface area (Å²) in [7, 11) is 0. The highest BCUT2D eigenvalue weighted by Gasteiger charge is 1.95. The average molecular weight is 230 g/mol. The molecule has 0 aliphatic rings. The number of nitrogen functional groups attached to an aromatic ring is 2. The van der Waals surface area contributed by atoms with Crippen LogP contribution in [-0.4, -0.2) is 6.79 Å². The first-order chi connectivity index (χ1) is 8.24. The van der Waals surface area contributed by atoms with E-state index in [1.165, 1.54) is 0 Å². The molecule has 88 valence electrons. The van der Waals surface area contributed by atoms with Gasteiger partial charge in [-0.3, -0.25) is 0 Å². The first-order valence-corrected chi connectivity index (χ1v) is 5.21. The van der Waals surface area contributed by atoms with Crippen molar-refractivity contribution in [1.82, 2.24) is 0 Å². The molecule has 4 heteroatoms. The Morgan fingerprint density at radius 3 is 1.35 bits per heavy atom. The van der Waals surface area contributed by atoms with Gasteiger partial charge in [0.15, 0.2) is 0 Å². The van der Waals surface area contributed by atoms with Crippen molar-refractivity contribution in [2.24, 2.45) is 0 Å². The maximum absolute atomic E-state index is 5.56. The minimum absolute atomic E-state index is 0.147. The third kappa shape index (κ3) is 3.31. The van der Waals surface area contributed by atoms with Crippen LogP contribution in [0.1, 0.15) is 0 Å². The van der Waals surface area contributed by atoms with Crippen LogP contribution >= 0.6 is 0 Å². The zero-order valence-corrected chi connectivity index (χ0v) is 9.30. The van der Waals surface area contributed by atoms with E-state index in [0.717, 1.165) is 11.5 Å². The lowest BCUT2D eigenvalue weighted by Gasteiger charge is -2.08. The molecule has 0 spiro atoms. The van der Waals surface area contributed by atoms with Gasteiger partial charge in [-0.2, -0.15) is 0 Å². The summed E-state index contributed by atoms with van der Waals surface area (Å²) in [6.07, 6.45) is 0. The first kappa shape index (κ1) is 11.1. The maximum Gasteiger partial charge on any atom is 0.230 e. The van der Waals surface area contributed by atoms with Gasteiger partial charge >= 0.3 is 0 Å². The van der Waals surface area contributed by atoms with Crippen molar-refractivity contribution in [3.05, 3.63) is 48.5 Å². The van der Waals surface area contributed by atoms with Gasteiger partial charge < -0.3 is 20.9 Å². The van der Waals surface area contributed by atoms with Crippen LogP contribution in [0.15, 0.2) is 48.5 Å². The Morgan fingerprint density at radius 1 is 0.647 bits per heavy atom. The van der Waals surface area contributed by atoms with Gasteiger partial charge in [-0.15, -0.1) is 0 Å². The Morgan fingerprint density at radius 2 is 1.00 bits per heavy atom. The number of rotatable bonds is 4. The molecule has 4 N–H and O–H groups in total. The molecule has 2 aromatic rings. The fourth-order valence-corrected chi connectivity index (χ4v) is 1.29. The molecule has 0 aliphatic carbocycles. The lowest BCUT2D eigenvalue weighted by molar-refractivity contribution is 0.120. The molecule has 0 unspecified atom stereocenters. The quantitative estimate of drug-likeness (QED) is 0.624. The Balaban J connectivity index is 1.83. The summed E-state index contributed by atoms with van der Waals surface area (Å²) < 4.78 is 10.8. The van der Waals surface area contributed by atoms with Crippen molar-refractivity contribution in [3.8, 4) is 11.5 Å². The summed E-state index contributed by atoms with van der Waals surface area (Å²) in [4.78, 5) is 0. The molecule has 2 rings (SSSR count). The summed E-state index contributed by atoms with van der Waals surface area (Å²) in [6, 6.07) is 14.3. The standard InChI is InChI=1S/C13H14N2O2/c14-10-1-5-12(6-2-10)16-9-17-13-7-3-11(15)4-8-13/h1-8H,9,14-15H2. The number of benzene rings is 2. The lowest BCUT2D eigenvalue weighted by atomic mass is 10.3. The van der Waals surface area contributed by atoms with E-state index in [1.54, 1.807) is 48.5 Å². The molecule has 17 heavy (non-hydrogen) atoms. The zero-order chi connectivity index (χ0) is 12.1. The van der Waals surface area contributed by atoms with Crippen molar-refractivity contribution >= 4 is 11.4 Å². The highest BCUT2D eigenvalue weighted by molar-refractivity contribution is 5.42. The van der Waals surface area contributed by atoms with Gasteiger partial charge in [0.1, 0.15) is 11.5 Å². The van der Waals surface area contributed by atoms with E-state index in [4.69, 9.17) is 20.9 Å². The van der Waals surface area contributed by atoms with Gasteiger partial charge in [0.25, 0.3) is 0 Å². The summed E-state index contributed by atoms with van der Waals surface area (Å²) in [6.45, 7) is 0.147. The number of hydrogen-bond donors (Lipinski definition) is 2. The molecule has 0 radical (unpaired) electrons. The largest absolute Gasteiger partial charge is 0.458 e. The van der Waals surface area contributed by atoms with E-state index in [1.807, 2.05) is 0 Å². The molecular weight excluding hydrogens is 216 g/mol. The highest BCUT2D eigenvalue weighted by Crippen LogP contribution is 2.15. The van der Waals surface area contributed by atoms with Crippen molar-refractivity contribution in [3.63, 3.8) is 0 Å². The minimum atomic E-state index is 0.147. The lowest BCUT2D eigenvalue weighted by Crippen LogP contribution is -2.05. The molecule has 0 heterocycles. The topological polar surface area (TPSA) is 70.5 Å². The predicted octanol–water partition coefficient (Wildman–Crippen LogP) is 2.27. The van der Waals surface area contributed by atoms with Crippen LogP contribution in [0.3, 0.4) is 0 Å². The monoisotopic (exact) mass is 230 g/mol. The third-order valence-corrected chi connectivity index (χ3v) is 2.21. The van der Waals surface area contributed by atoms with Crippen molar-refractivity contribution < 1.29 is 9.47 Å². The second-order valence-corrected chi connectivity index (χ2v) is 3.54. The van der Waals surface area contributed by atoms with E-state index in [2.05, 4.69) is 0 Å². The summed E-state index contributed by atoms with van der Waals surface area (Å²) in [5, 5.41) is 0. The molecule has 0 saturated heterocycles. The second-order valence-electron chi connectivity index (χ2n) is 3.54. The zero-order valence-electron chi connectivity index (χ0n) is 9.30. The van der Waals surface area contributed by atoms with Crippen LogP contribution in [-0.2, 0) is 0 Å². The van der Waals surface area contributed by atoms with E-state index in [9.17, 15) is 0 Å².